The number of hydrogen-bond donors (Lipinski definition) is 1. The first kappa shape index (κ1) is 13.7. The summed E-state index contributed by atoms with van der Waals surface area (Å²) in [6.07, 6.45) is 2.06. The minimum Gasteiger partial charge on any atom is -0.326 e. The molecule has 1 fully saturated rings. The van der Waals surface area contributed by atoms with Gasteiger partial charge >= 0.3 is 0 Å². The zero-order valence-corrected chi connectivity index (χ0v) is 12.3. The molecule has 1 heterocycles. The van der Waals surface area contributed by atoms with Crippen LogP contribution < -0.4 is 11.3 Å². The molecule has 1 aliphatic rings. The van der Waals surface area contributed by atoms with E-state index in [-0.39, 0.29) is 18.1 Å². The molecule has 3 rings (SSSR count). The van der Waals surface area contributed by atoms with Crippen LogP contribution in [0.2, 0.25) is 10.0 Å². The normalized spacial score (nSPS) is 14.6. The monoisotopic (exact) mass is 308 g/mol. The molecular formula is C15H14Cl2N2O. The second kappa shape index (κ2) is 5.24. The van der Waals surface area contributed by atoms with Gasteiger partial charge in [-0.2, -0.15) is 0 Å². The van der Waals surface area contributed by atoms with Crippen LogP contribution in [0.1, 0.15) is 24.4 Å². The predicted octanol–water partition coefficient (Wildman–Crippen LogP) is 3.62. The van der Waals surface area contributed by atoms with E-state index in [1.54, 1.807) is 18.2 Å². The van der Waals surface area contributed by atoms with Crippen molar-refractivity contribution in [3.8, 4) is 11.3 Å². The maximum Gasteiger partial charge on any atom is 0.255 e. The van der Waals surface area contributed by atoms with Gasteiger partial charge in [0.1, 0.15) is 0 Å². The fourth-order valence-corrected chi connectivity index (χ4v) is 2.63. The third-order valence-corrected chi connectivity index (χ3v) is 4.28. The molecule has 5 heteroatoms. The first-order chi connectivity index (χ1) is 9.61. The van der Waals surface area contributed by atoms with E-state index >= 15 is 0 Å². The van der Waals surface area contributed by atoms with E-state index in [2.05, 4.69) is 0 Å². The number of halogens is 2. The maximum atomic E-state index is 12.5. The summed E-state index contributed by atoms with van der Waals surface area (Å²) in [7, 11) is 0. The van der Waals surface area contributed by atoms with Crippen molar-refractivity contribution in [1.29, 1.82) is 0 Å². The standard InChI is InChI=1S/C15H14Cl2N2O/c16-12-5-1-9(7-13(12)17)14-6-2-10(8-18)15(20)19(14)11-3-4-11/h1-2,5-7,11H,3-4,8,18H2. The molecule has 1 aromatic heterocycles. The van der Waals surface area contributed by atoms with Gasteiger partial charge in [0, 0.05) is 18.2 Å². The van der Waals surface area contributed by atoms with Crippen LogP contribution in [0.15, 0.2) is 35.1 Å². The maximum absolute atomic E-state index is 12.5. The van der Waals surface area contributed by atoms with E-state index in [0.29, 0.717) is 15.6 Å². The first-order valence-electron chi connectivity index (χ1n) is 6.51. The summed E-state index contributed by atoms with van der Waals surface area (Å²) in [6, 6.07) is 9.42. The Hall–Kier alpha value is -1.29. The van der Waals surface area contributed by atoms with Crippen molar-refractivity contribution in [1.82, 2.24) is 4.57 Å². The van der Waals surface area contributed by atoms with Crippen molar-refractivity contribution in [3.63, 3.8) is 0 Å². The Bertz CT molecular complexity index is 720. The zero-order valence-electron chi connectivity index (χ0n) is 10.8. The highest BCUT2D eigenvalue weighted by molar-refractivity contribution is 6.42. The van der Waals surface area contributed by atoms with Crippen LogP contribution in [-0.4, -0.2) is 4.57 Å². The summed E-state index contributed by atoms with van der Waals surface area (Å²) in [5.74, 6) is 0. The number of pyridine rings is 1. The summed E-state index contributed by atoms with van der Waals surface area (Å²) in [5.41, 5.74) is 8.02. The Morgan fingerprint density at radius 3 is 2.50 bits per heavy atom. The molecule has 2 N–H and O–H groups in total. The van der Waals surface area contributed by atoms with Gasteiger partial charge in [0.05, 0.1) is 15.7 Å². The van der Waals surface area contributed by atoms with Gasteiger partial charge in [-0.1, -0.05) is 35.3 Å². The molecule has 0 saturated heterocycles. The molecule has 0 atom stereocenters. The largest absolute Gasteiger partial charge is 0.326 e. The highest BCUT2D eigenvalue weighted by Gasteiger charge is 2.27. The van der Waals surface area contributed by atoms with Crippen molar-refractivity contribution in [3.05, 3.63) is 56.3 Å². The van der Waals surface area contributed by atoms with E-state index in [4.69, 9.17) is 28.9 Å². The molecule has 1 aromatic carbocycles. The van der Waals surface area contributed by atoms with Gasteiger partial charge in [0.25, 0.3) is 5.56 Å². The van der Waals surface area contributed by atoms with Crippen LogP contribution in [0.3, 0.4) is 0 Å². The van der Waals surface area contributed by atoms with E-state index in [0.717, 1.165) is 24.1 Å². The lowest BCUT2D eigenvalue weighted by Crippen LogP contribution is -2.25. The Labute approximate surface area is 126 Å². The van der Waals surface area contributed by atoms with Crippen molar-refractivity contribution in [2.75, 3.05) is 0 Å². The van der Waals surface area contributed by atoms with E-state index in [1.165, 1.54) is 0 Å². The van der Waals surface area contributed by atoms with Crippen LogP contribution in [0.4, 0.5) is 0 Å². The van der Waals surface area contributed by atoms with Crippen LogP contribution in [0.5, 0.6) is 0 Å². The summed E-state index contributed by atoms with van der Waals surface area (Å²) >= 11 is 12.0. The molecule has 2 aromatic rings. The zero-order chi connectivity index (χ0) is 14.3. The number of aromatic nitrogens is 1. The molecule has 104 valence electrons. The molecule has 20 heavy (non-hydrogen) atoms. The summed E-state index contributed by atoms with van der Waals surface area (Å²) in [4.78, 5) is 12.5. The third kappa shape index (κ3) is 2.37. The molecule has 1 saturated carbocycles. The second-order valence-corrected chi connectivity index (χ2v) is 5.80. The van der Waals surface area contributed by atoms with Crippen LogP contribution in [0.25, 0.3) is 11.3 Å². The van der Waals surface area contributed by atoms with Crippen molar-refractivity contribution < 1.29 is 0 Å². The average Bonchev–Trinajstić information content (AvgIpc) is 3.26. The van der Waals surface area contributed by atoms with E-state index in [9.17, 15) is 4.79 Å². The van der Waals surface area contributed by atoms with Gasteiger partial charge in [0.15, 0.2) is 0 Å². The molecular weight excluding hydrogens is 295 g/mol. The fraction of sp³-hybridized carbons (Fsp3) is 0.267. The summed E-state index contributed by atoms with van der Waals surface area (Å²) in [6.45, 7) is 0.257. The second-order valence-electron chi connectivity index (χ2n) is 4.98. The van der Waals surface area contributed by atoms with Crippen molar-refractivity contribution in [2.45, 2.75) is 25.4 Å². The lowest BCUT2D eigenvalue weighted by atomic mass is 10.1. The molecule has 3 nitrogen and oxygen atoms in total. The van der Waals surface area contributed by atoms with Crippen LogP contribution in [0, 0.1) is 0 Å². The van der Waals surface area contributed by atoms with E-state index < -0.39 is 0 Å². The minimum absolute atomic E-state index is 0.00132. The van der Waals surface area contributed by atoms with Gasteiger partial charge in [0.2, 0.25) is 0 Å². The molecule has 0 spiro atoms. The van der Waals surface area contributed by atoms with Gasteiger partial charge in [-0.05, 0) is 36.6 Å². The SMILES string of the molecule is NCc1ccc(-c2ccc(Cl)c(Cl)c2)n(C2CC2)c1=O. The smallest absolute Gasteiger partial charge is 0.255 e. The Morgan fingerprint density at radius 2 is 1.90 bits per heavy atom. The molecule has 0 radical (unpaired) electrons. The summed E-state index contributed by atoms with van der Waals surface area (Å²) in [5, 5.41) is 0.996. The first-order valence-corrected chi connectivity index (χ1v) is 7.27. The topological polar surface area (TPSA) is 48.0 Å². The van der Waals surface area contributed by atoms with E-state index in [1.807, 2.05) is 16.7 Å². The lowest BCUT2D eigenvalue weighted by Gasteiger charge is -2.14. The van der Waals surface area contributed by atoms with Gasteiger partial charge in [-0.3, -0.25) is 4.79 Å². The summed E-state index contributed by atoms with van der Waals surface area (Å²) < 4.78 is 1.84. The average molecular weight is 309 g/mol. The van der Waals surface area contributed by atoms with Crippen molar-refractivity contribution >= 4 is 23.2 Å². The van der Waals surface area contributed by atoms with Crippen LogP contribution >= 0.6 is 23.2 Å². The van der Waals surface area contributed by atoms with Gasteiger partial charge in [-0.15, -0.1) is 0 Å². The molecule has 0 bridgehead atoms. The number of rotatable bonds is 3. The third-order valence-electron chi connectivity index (χ3n) is 3.54. The van der Waals surface area contributed by atoms with Gasteiger partial charge < -0.3 is 10.3 Å². The number of nitrogens with zero attached hydrogens (tertiary/aromatic N) is 1. The highest BCUT2D eigenvalue weighted by Crippen LogP contribution is 2.38. The molecule has 0 aliphatic heterocycles. The Morgan fingerprint density at radius 1 is 1.15 bits per heavy atom. The lowest BCUT2D eigenvalue weighted by molar-refractivity contribution is 0.704. The highest BCUT2D eigenvalue weighted by atomic mass is 35.5. The molecule has 0 amide bonds. The number of benzene rings is 1. The molecule has 0 unspecified atom stereocenters. The van der Waals surface area contributed by atoms with Crippen LogP contribution in [-0.2, 0) is 6.54 Å². The Kier molecular flexibility index (Phi) is 3.59. The number of nitrogens with two attached hydrogens (primary N) is 1. The number of hydrogen-bond acceptors (Lipinski definition) is 2. The fourth-order valence-electron chi connectivity index (χ4n) is 2.34. The minimum atomic E-state index is -0.00132. The quantitative estimate of drug-likeness (QED) is 0.941. The van der Waals surface area contributed by atoms with Crippen molar-refractivity contribution in [2.24, 2.45) is 5.73 Å². The van der Waals surface area contributed by atoms with Gasteiger partial charge in [-0.25, -0.2) is 0 Å². The Balaban J connectivity index is 2.20. The predicted molar refractivity (Wildman–Crippen MR) is 82.3 cm³/mol. The molecule has 1 aliphatic carbocycles.